The quantitative estimate of drug-likeness (QED) is 0.304. The molecule has 1 saturated heterocycles. The van der Waals surface area contributed by atoms with Gasteiger partial charge in [-0.2, -0.15) is 0 Å². The second-order valence-corrected chi connectivity index (χ2v) is 9.78. The Hall–Kier alpha value is -1.69. The van der Waals surface area contributed by atoms with E-state index < -0.39 is 11.5 Å². The van der Waals surface area contributed by atoms with Crippen LogP contribution in [0, 0.1) is 10.8 Å². The fourth-order valence-corrected chi connectivity index (χ4v) is 4.74. The number of hydrogen-bond acceptors (Lipinski definition) is 8. The maximum absolute atomic E-state index is 12.8. The lowest BCUT2D eigenvalue weighted by Crippen LogP contribution is -2.28. The average molecular weight is 454 g/mol. The third-order valence-corrected chi connectivity index (χ3v) is 7.14. The van der Waals surface area contributed by atoms with Gasteiger partial charge < -0.3 is 10.2 Å². The smallest absolute Gasteiger partial charge is 0.285 e. The highest BCUT2D eigenvalue weighted by atomic mass is 32.2. The van der Waals surface area contributed by atoms with Crippen LogP contribution in [-0.4, -0.2) is 57.6 Å². The number of anilines is 1. The Bertz CT molecular complexity index is 950. The molecule has 0 amide bonds. The number of nitrogens with zero attached hydrogens (tertiary/aromatic N) is 3. The second kappa shape index (κ2) is 8.81. The number of aromatic nitrogens is 2. The van der Waals surface area contributed by atoms with Gasteiger partial charge in [0.15, 0.2) is 5.82 Å². The summed E-state index contributed by atoms with van der Waals surface area (Å²) in [5.41, 5.74) is 2.01. The minimum atomic E-state index is -2.89. The van der Waals surface area contributed by atoms with Gasteiger partial charge in [0.1, 0.15) is 10.1 Å². The zero-order chi connectivity index (χ0) is 21.3. The molecule has 2 aromatic heterocycles. The predicted molar refractivity (Wildman–Crippen MR) is 120 cm³/mol. The molecule has 2 fully saturated rings. The first-order valence-electron chi connectivity index (χ1n) is 9.90. The molecule has 1 aliphatic heterocycles. The highest BCUT2D eigenvalue weighted by Gasteiger charge is 2.37. The van der Waals surface area contributed by atoms with Crippen molar-refractivity contribution in [1.82, 2.24) is 19.4 Å². The number of thioether (sulfide) groups is 1. The normalized spacial score (nSPS) is 18.6. The molecule has 2 aliphatic rings. The van der Waals surface area contributed by atoms with Crippen molar-refractivity contribution in [3.8, 4) is 0 Å². The summed E-state index contributed by atoms with van der Waals surface area (Å²) in [5.74, 6) is 0.273. The monoisotopic (exact) mass is 453 g/mol. The molecule has 7 nitrogen and oxygen atoms in total. The molecule has 1 saturated carbocycles. The van der Waals surface area contributed by atoms with Crippen molar-refractivity contribution in [3.63, 3.8) is 0 Å². The van der Waals surface area contributed by atoms with Crippen LogP contribution in [0.4, 0.5) is 14.5 Å². The SMILES string of the molecule is CC1(NSc2cc(N3CCCNCC3)c3cnc(C(=N)SC(=N)C(F)F)n3c2)CC1. The van der Waals surface area contributed by atoms with E-state index in [0.717, 1.165) is 61.5 Å². The molecule has 30 heavy (non-hydrogen) atoms. The molecule has 4 N–H and O–H groups in total. The van der Waals surface area contributed by atoms with Gasteiger partial charge in [0.05, 0.1) is 17.4 Å². The van der Waals surface area contributed by atoms with Crippen molar-refractivity contribution in [1.29, 1.82) is 10.8 Å². The lowest BCUT2D eigenvalue weighted by atomic mass is 10.3. The van der Waals surface area contributed by atoms with Crippen LogP contribution >= 0.6 is 23.7 Å². The maximum atomic E-state index is 12.8. The molecule has 2 aromatic rings. The summed E-state index contributed by atoms with van der Waals surface area (Å²) in [6, 6.07) is 2.13. The van der Waals surface area contributed by atoms with Crippen molar-refractivity contribution in [2.45, 2.75) is 43.0 Å². The highest BCUT2D eigenvalue weighted by molar-refractivity contribution is 8.26. The minimum Gasteiger partial charge on any atom is -0.368 e. The van der Waals surface area contributed by atoms with Crippen LogP contribution in [0.25, 0.3) is 5.52 Å². The summed E-state index contributed by atoms with van der Waals surface area (Å²) in [5, 5.41) is 18.0. The number of nitrogens with one attached hydrogen (secondary N) is 4. The van der Waals surface area contributed by atoms with E-state index in [4.69, 9.17) is 10.8 Å². The molecule has 162 valence electrons. The lowest BCUT2D eigenvalue weighted by Gasteiger charge is -2.24. The second-order valence-electron chi connectivity index (χ2n) is 7.85. The van der Waals surface area contributed by atoms with Crippen molar-refractivity contribution < 1.29 is 8.78 Å². The molecular formula is C19H25F2N7S2. The summed E-state index contributed by atoms with van der Waals surface area (Å²) in [7, 11) is 0. The number of fused-ring (bicyclic) bond motifs is 1. The number of halogens is 2. The Balaban J connectivity index is 1.70. The Morgan fingerprint density at radius 3 is 2.83 bits per heavy atom. The fraction of sp³-hybridized carbons (Fsp3) is 0.526. The molecule has 11 heteroatoms. The molecule has 0 bridgehead atoms. The summed E-state index contributed by atoms with van der Waals surface area (Å²) >= 11 is 2.00. The Morgan fingerprint density at radius 2 is 2.10 bits per heavy atom. The van der Waals surface area contributed by atoms with Gasteiger partial charge in [-0.1, -0.05) is 0 Å². The van der Waals surface area contributed by atoms with Crippen LogP contribution in [0.1, 0.15) is 32.0 Å². The van der Waals surface area contributed by atoms with Gasteiger partial charge in [-0.25, -0.2) is 13.8 Å². The van der Waals surface area contributed by atoms with Crippen molar-refractivity contribution >= 4 is 45.0 Å². The number of alkyl halides is 2. The van der Waals surface area contributed by atoms with Crippen molar-refractivity contribution in [3.05, 3.63) is 24.3 Å². The molecule has 4 rings (SSSR count). The van der Waals surface area contributed by atoms with Crippen LogP contribution < -0.4 is 14.9 Å². The first-order valence-corrected chi connectivity index (χ1v) is 11.5. The van der Waals surface area contributed by atoms with Crippen LogP contribution in [0.2, 0.25) is 0 Å². The van der Waals surface area contributed by atoms with Gasteiger partial charge >= 0.3 is 0 Å². The molecule has 0 aromatic carbocycles. The summed E-state index contributed by atoms with van der Waals surface area (Å²) in [4.78, 5) is 7.64. The zero-order valence-corrected chi connectivity index (χ0v) is 18.3. The third kappa shape index (κ3) is 4.79. The summed E-state index contributed by atoms with van der Waals surface area (Å²) < 4.78 is 30.9. The number of imidazole rings is 1. The number of rotatable bonds is 6. The molecule has 0 spiro atoms. The summed E-state index contributed by atoms with van der Waals surface area (Å²) in [6.45, 7) is 5.81. The van der Waals surface area contributed by atoms with E-state index in [1.807, 2.05) is 6.20 Å². The topological polar surface area (TPSA) is 92.3 Å². The van der Waals surface area contributed by atoms with Gasteiger partial charge in [-0.05, 0) is 62.5 Å². The van der Waals surface area contributed by atoms with E-state index in [9.17, 15) is 8.78 Å². The zero-order valence-electron chi connectivity index (χ0n) is 16.7. The van der Waals surface area contributed by atoms with E-state index in [0.29, 0.717) is 11.8 Å². The standard InChI is InChI=1S/C19H25F2N7S2/c1-19(3-4-19)26-30-12-9-13(27-7-2-5-24-6-8-27)14-10-25-18(28(14)11-12)17(23)29-16(22)15(20)21/h9-11,15,22-24,26H,2-8H2,1H3. The molecule has 0 atom stereocenters. The first kappa shape index (κ1) is 21.5. The Kier molecular flexibility index (Phi) is 6.33. The third-order valence-electron chi connectivity index (χ3n) is 5.30. The van der Waals surface area contributed by atoms with E-state index in [-0.39, 0.29) is 16.4 Å². The predicted octanol–water partition coefficient (Wildman–Crippen LogP) is 3.58. The summed E-state index contributed by atoms with van der Waals surface area (Å²) in [6.07, 6.45) is 3.99. The maximum Gasteiger partial charge on any atom is 0.285 e. The molecule has 0 unspecified atom stereocenters. The van der Waals surface area contributed by atoms with Gasteiger partial charge in [-0.3, -0.25) is 19.9 Å². The highest BCUT2D eigenvalue weighted by Crippen LogP contribution is 2.38. The van der Waals surface area contributed by atoms with Gasteiger partial charge in [0.25, 0.3) is 6.43 Å². The van der Waals surface area contributed by atoms with Crippen LogP contribution in [-0.2, 0) is 0 Å². The van der Waals surface area contributed by atoms with Crippen LogP contribution in [0.15, 0.2) is 23.4 Å². The van der Waals surface area contributed by atoms with Crippen molar-refractivity contribution in [2.24, 2.45) is 0 Å². The minimum absolute atomic E-state index is 0.152. The van der Waals surface area contributed by atoms with Gasteiger partial charge in [0.2, 0.25) is 0 Å². The Morgan fingerprint density at radius 1 is 1.30 bits per heavy atom. The molecule has 3 heterocycles. The lowest BCUT2D eigenvalue weighted by molar-refractivity contribution is 0.228. The Labute approximate surface area is 182 Å². The van der Waals surface area contributed by atoms with Gasteiger partial charge in [-0.15, -0.1) is 0 Å². The first-order chi connectivity index (χ1) is 14.4. The van der Waals surface area contributed by atoms with E-state index in [2.05, 4.69) is 32.9 Å². The van der Waals surface area contributed by atoms with E-state index in [1.165, 1.54) is 0 Å². The van der Waals surface area contributed by atoms with Crippen molar-refractivity contribution in [2.75, 3.05) is 31.1 Å². The van der Waals surface area contributed by atoms with Crippen LogP contribution in [0.5, 0.6) is 0 Å². The largest absolute Gasteiger partial charge is 0.368 e. The van der Waals surface area contributed by atoms with Crippen LogP contribution in [0.3, 0.4) is 0 Å². The molecule has 0 radical (unpaired) electrons. The molecular weight excluding hydrogens is 428 g/mol. The molecule has 1 aliphatic carbocycles. The van der Waals surface area contributed by atoms with Gasteiger partial charge in [0, 0.05) is 36.3 Å². The van der Waals surface area contributed by atoms with E-state index >= 15 is 0 Å². The average Bonchev–Trinajstić information content (AvgIpc) is 3.39. The fourth-order valence-electron chi connectivity index (χ4n) is 3.29. The number of hydrogen-bond donors (Lipinski definition) is 4. The number of pyridine rings is 1. The van der Waals surface area contributed by atoms with E-state index in [1.54, 1.807) is 22.5 Å².